The van der Waals surface area contributed by atoms with Crippen LogP contribution in [-0.2, 0) is 4.79 Å². The number of carbonyl (C=O) groups excluding carboxylic acids is 1. The lowest BCUT2D eigenvalue weighted by Gasteiger charge is -2.42. The van der Waals surface area contributed by atoms with E-state index in [0.29, 0.717) is 0 Å². The summed E-state index contributed by atoms with van der Waals surface area (Å²) in [6.07, 6.45) is 5.66. The summed E-state index contributed by atoms with van der Waals surface area (Å²) in [5.74, 6) is 0.270. The second-order valence-corrected chi connectivity index (χ2v) is 5.34. The summed E-state index contributed by atoms with van der Waals surface area (Å²) in [5, 5.41) is 4.10. The quantitative estimate of drug-likeness (QED) is 0.760. The van der Waals surface area contributed by atoms with E-state index in [2.05, 4.69) is 28.2 Å². The summed E-state index contributed by atoms with van der Waals surface area (Å²) < 4.78 is 0. The van der Waals surface area contributed by atoms with E-state index < -0.39 is 0 Å². The molecule has 74 valence electrons. The fraction of sp³-hybridized carbons (Fsp3) is 0.900. The first kappa shape index (κ1) is 9.50. The van der Waals surface area contributed by atoms with Crippen LogP contribution in [0.25, 0.3) is 0 Å². The van der Waals surface area contributed by atoms with Crippen LogP contribution >= 0.6 is 15.9 Å². The van der Waals surface area contributed by atoms with E-state index in [9.17, 15) is 4.79 Å². The minimum atomic E-state index is -0.0231. The molecule has 0 unspecified atom stereocenters. The predicted octanol–water partition coefficient (Wildman–Crippen LogP) is 2.22. The lowest BCUT2D eigenvalue weighted by Crippen LogP contribution is -2.56. The number of amides is 1. The van der Waals surface area contributed by atoms with Crippen molar-refractivity contribution in [3.63, 3.8) is 0 Å². The molecule has 0 aromatic heterocycles. The van der Waals surface area contributed by atoms with Crippen molar-refractivity contribution >= 4 is 21.8 Å². The SMILES string of the molecule is CC1(C(=O)NC2(CBr)CCC2)CC1. The Labute approximate surface area is 87.6 Å². The normalized spacial score (nSPS) is 27.5. The van der Waals surface area contributed by atoms with E-state index in [1.54, 1.807) is 0 Å². The Hall–Kier alpha value is -0.0500. The predicted molar refractivity (Wildman–Crippen MR) is 55.9 cm³/mol. The molecule has 1 N–H and O–H groups in total. The minimum absolute atomic E-state index is 0.0231. The van der Waals surface area contributed by atoms with E-state index in [0.717, 1.165) is 31.0 Å². The fourth-order valence-corrected chi connectivity index (χ4v) is 2.40. The molecule has 0 saturated heterocycles. The van der Waals surface area contributed by atoms with Gasteiger partial charge >= 0.3 is 0 Å². The van der Waals surface area contributed by atoms with Gasteiger partial charge in [0.2, 0.25) is 5.91 Å². The van der Waals surface area contributed by atoms with Crippen molar-refractivity contribution in [3.05, 3.63) is 0 Å². The first-order valence-corrected chi connectivity index (χ1v) is 6.11. The molecule has 0 radical (unpaired) electrons. The molecule has 0 aliphatic heterocycles. The van der Waals surface area contributed by atoms with Gasteiger partial charge in [0.1, 0.15) is 0 Å². The Morgan fingerprint density at radius 1 is 1.38 bits per heavy atom. The van der Waals surface area contributed by atoms with Gasteiger partial charge in [0.25, 0.3) is 0 Å². The molecule has 2 rings (SSSR count). The molecule has 2 nitrogen and oxygen atoms in total. The maximum absolute atomic E-state index is 11.8. The van der Waals surface area contributed by atoms with Crippen LogP contribution in [0.4, 0.5) is 0 Å². The summed E-state index contributed by atoms with van der Waals surface area (Å²) >= 11 is 3.48. The number of halogens is 1. The molecule has 0 aromatic rings. The third kappa shape index (κ3) is 1.63. The molecule has 0 spiro atoms. The van der Waals surface area contributed by atoms with Crippen LogP contribution in [0.2, 0.25) is 0 Å². The molecule has 0 bridgehead atoms. The van der Waals surface area contributed by atoms with Crippen molar-refractivity contribution in [3.8, 4) is 0 Å². The van der Waals surface area contributed by atoms with Crippen molar-refractivity contribution in [1.29, 1.82) is 0 Å². The average Bonchev–Trinajstić information content (AvgIpc) is 2.77. The van der Waals surface area contributed by atoms with Crippen LogP contribution in [0.5, 0.6) is 0 Å². The number of hydrogen-bond donors (Lipinski definition) is 1. The van der Waals surface area contributed by atoms with Crippen LogP contribution in [-0.4, -0.2) is 16.8 Å². The zero-order valence-electron chi connectivity index (χ0n) is 8.03. The molecule has 0 heterocycles. The van der Waals surface area contributed by atoms with Gasteiger partial charge in [0.15, 0.2) is 0 Å². The highest BCUT2D eigenvalue weighted by Crippen LogP contribution is 2.46. The third-order valence-electron chi connectivity index (χ3n) is 3.49. The van der Waals surface area contributed by atoms with Crippen LogP contribution < -0.4 is 5.32 Å². The van der Waals surface area contributed by atoms with E-state index >= 15 is 0 Å². The summed E-state index contributed by atoms with van der Waals surface area (Å²) in [6, 6.07) is 0. The van der Waals surface area contributed by atoms with Crippen molar-refractivity contribution in [2.75, 3.05) is 5.33 Å². The van der Waals surface area contributed by atoms with Gasteiger partial charge in [-0.25, -0.2) is 0 Å². The number of carbonyl (C=O) groups is 1. The molecule has 1 amide bonds. The molecule has 0 atom stereocenters. The Bertz CT molecular complexity index is 226. The van der Waals surface area contributed by atoms with Crippen LogP contribution in [0.15, 0.2) is 0 Å². The van der Waals surface area contributed by atoms with Crippen molar-refractivity contribution in [2.45, 2.75) is 44.6 Å². The maximum atomic E-state index is 11.8. The van der Waals surface area contributed by atoms with Gasteiger partial charge in [0, 0.05) is 16.3 Å². The first-order chi connectivity index (χ1) is 6.10. The van der Waals surface area contributed by atoms with Gasteiger partial charge < -0.3 is 5.32 Å². The van der Waals surface area contributed by atoms with Crippen LogP contribution in [0, 0.1) is 5.41 Å². The summed E-state index contributed by atoms with van der Waals surface area (Å²) in [6.45, 7) is 2.06. The highest BCUT2D eigenvalue weighted by molar-refractivity contribution is 9.09. The van der Waals surface area contributed by atoms with E-state index in [1.165, 1.54) is 6.42 Å². The van der Waals surface area contributed by atoms with Gasteiger partial charge in [-0.2, -0.15) is 0 Å². The van der Waals surface area contributed by atoms with Gasteiger partial charge in [-0.05, 0) is 32.1 Å². The first-order valence-electron chi connectivity index (χ1n) is 4.99. The Morgan fingerprint density at radius 3 is 2.31 bits per heavy atom. The molecule has 2 aliphatic carbocycles. The van der Waals surface area contributed by atoms with Crippen molar-refractivity contribution in [2.24, 2.45) is 5.41 Å². The standard InChI is InChI=1S/C10H16BrNO/c1-9(5-6-9)8(13)12-10(7-11)3-2-4-10/h2-7H2,1H3,(H,12,13). The molecular weight excluding hydrogens is 230 g/mol. The Balaban J connectivity index is 1.92. The molecule has 0 aromatic carbocycles. The number of hydrogen-bond acceptors (Lipinski definition) is 1. The summed E-state index contributed by atoms with van der Waals surface area (Å²) in [5.41, 5.74) is 0.0768. The highest BCUT2D eigenvalue weighted by atomic mass is 79.9. The van der Waals surface area contributed by atoms with Gasteiger partial charge in [-0.3, -0.25) is 4.79 Å². The smallest absolute Gasteiger partial charge is 0.226 e. The van der Waals surface area contributed by atoms with Crippen LogP contribution in [0.1, 0.15) is 39.0 Å². The van der Waals surface area contributed by atoms with Gasteiger partial charge in [-0.1, -0.05) is 22.9 Å². The average molecular weight is 246 g/mol. The fourth-order valence-electron chi connectivity index (χ4n) is 1.70. The van der Waals surface area contributed by atoms with Crippen molar-refractivity contribution < 1.29 is 4.79 Å². The molecule has 2 fully saturated rings. The lowest BCUT2D eigenvalue weighted by atomic mass is 9.78. The molecule has 3 heteroatoms. The molecular formula is C10H16BrNO. The maximum Gasteiger partial charge on any atom is 0.226 e. The third-order valence-corrected chi connectivity index (χ3v) is 4.57. The van der Waals surface area contributed by atoms with E-state index in [1.807, 2.05) is 0 Å². The van der Waals surface area contributed by atoms with Gasteiger partial charge in [0.05, 0.1) is 0 Å². The largest absolute Gasteiger partial charge is 0.349 e. The highest BCUT2D eigenvalue weighted by Gasteiger charge is 2.48. The second-order valence-electron chi connectivity index (χ2n) is 4.78. The molecule has 13 heavy (non-hydrogen) atoms. The van der Waals surface area contributed by atoms with Gasteiger partial charge in [-0.15, -0.1) is 0 Å². The van der Waals surface area contributed by atoms with E-state index in [4.69, 9.17) is 0 Å². The monoisotopic (exact) mass is 245 g/mol. The van der Waals surface area contributed by atoms with E-state index in [-0.39, 0.29) is 16.9 Å². The molecule has 2 saturated carbocycles. The minimum Gasteiger partial charge on any atom is -0.349 e. The van der Waals surface area contributed by atoms with Crippen LogP contribution in [0.3, 0.4) is 0 Å². The lowest BCUT2D eigenvalue weighted by molar-refractivity contribution is -0.128. The zero-order chi connectivity index (χ0) is 9.53. The Kier molecular flexibility index (Phi) is 2.17. The zero-order valence-corrected chi connectivity index (χ0v) is 9.61. The second kappa shape index (κ2) is 2.97. The number of nitrogens with one attached hydrogen (secondary N) is 1. The Morgan fingerprint density at radius 2 is 2.00 bits per heavy atom. The topological polar surface area (TPSA) is 29.1 Å². The number of alkyl halides is 1. The summed E-state index contributed by atoms with van der Waals surface area (Å²) in [7, 11) is 0. The molecule has 2 aliphatic rings. The number of rotatable bonds is 3. The summed E-state index contributed by atoms with van der Waals surface area (Å²) in [4.78, 5) is 11.8. The van der Waals surface area contributed by atoms with Crippen molar-refractivity contribution in [1.82, 2.24) is 5.32 Å².